The van der Waals surface area contributed by atoms with E-state index in [4.69, 9.17) is 15.0 Å². The van der Waals surface area contributed by atoms with Gasteiger partial charge < -0.3 is 9.47 Å². The molecular weight excluding hydrogens is 346 g/mol. The highest BCUT2D eigenvalue weighted by molar-refractivity contribution is 7.90. The van der Waals surface area contributed by atoms with Crippen molar-refractivity contribution in [2.75, 3.05) is 13.2 Å². The molecule has 0 unspecified atom stereocenters. The SMILES string of the molecule is CCCCOC([Si])(OCCCC)c1cccc(S(=O)(=O)N=[N+]=[N-])c1. The molecule has 3 radical (unpaired) electrons. The molecular formula is C15H22N3O4SSi. The van der Waals surface area contributed by atoms with Crippen molar-refractivity contribution in [1.29, 1.82) is 0 Å². The minimum absolute atomic E-state index is 0.112. The molecule has 24 heavy (non-hydrogen) atoms. The molecule has 0 aliphatic carbocycles. The molecule has 0 heterocycles. The van der Waals surface area contributed by atoms with Crippen LogP contribution in [0.1, 0.15) is 45.1 Å². The van der Waals surface area contributed by atoms with Crippen molar-refractivity contribution in [3.8, 4) is 0 Å². The van der Waals surface area contributed by atoms with Gasteiger partial charge in [0.1, 0.15) is 10.2 Å². The lowest BCUT2D eigenvalue weighted by atomic mass is 10.2. The van der Waals surface area contributed by atoms with Gasteiger partial charge in [0.2, 0.25) is 0 Å². The predicted molar refractivity (Wildman–Crippen MR) is 91.9 cm³/mol. The lowest BCUT2D eigenvalue weighted by molar-refractivity contribution is -0.187. The molecule has 0 saturated carbocycles. The molecule has 0 spiro atoms. The van der Waals surface area contributed by atoms with Gasteiger partial charge in [-0.25, -0.2) is 8.42 Å². The standard InChI is InChI=1S/C15H22N3O4SSi/c1-3-5-10-21-15(24,22-11-6-4-2)13-8-7-9-14(12-13)23(19,20)18-17-16/h7-9,12H,3-6,10-11H2,1-2H3. The van der Waals surface area contributed by atoms with E-state index in [1.54, 1.807) is 12.1 Å². The molecule has 1 aromatic carbocycles. The number of nitrogens with zero attached hydrogens (tertiary/aromatic N) is 3. The third-order valence-corrected chi connectivity index (χ3v) is 4.98. The Kier molecular flexibility index (Phi) is 8.44. The average molecular weight is 369 g/mol. The maximum atomic E-state index is 11.9. The Hall–Kier alpha value is -1.38. The van der Waals surface area contributed by atoms with E-state index in [9.17, 15) is 8.42 Å². The Labute approximate surface area is 146 Å². The fourth-order valence-electron chi connectivity index (χ4n) is 1.89. The molecule has 7 nitrogen and oxygen atoms in total. The van der Waals surface area contributed by atoms with Crippen LogP contribution in [0, 0.1) is 0 Å². The minimum atomic E-state index is -4.07. The summed E-state index contributed by atoms with van der Waals surface area (Å²) in [6, 6.07) is 5.99. The predicted octanol–water partition coefficient (Wildman–Crippen LogP) is 3.60. The Balaban J connectivity index is 3.15. The first-order valence-corrected chi connectivity index (χ1v) is 9.78. The third kappa shape index (κ3) is 5.92. The van der Waals surface area contributed by atoms with Gasteiger partial charge >= 0.3 is 0 Å². The van der Waals surface area contributed by atoms with Gasteiger partial charge in [0.05, 0.1) is 4.90 Å². The Morgan fingerprint density at radius 2 is 1.79 bits per heavy atom. The highest BCUT2D eigenvalue weighted by Crippen LogP contribution is 2.27. The molecule has 0 aliphatic rings. The van der Waals surface area contributed by atoms with Gasteiger partial charge in [0.25, 0.3) is 10.0 Å². The molecule has 0 amide bonds. The van der Waals surface area contributed by atoms with Crippen LogP contribution in [0.25, 0.3) is 10.4 Å². The second kappa shape index (κ2) is 9.80. The molecule has 0 N–H and O–H groups in total. The Bertz CT molecular complexity index is 665. The van der Waals surface area contributed by atoms with E-state index in [1.807, 2.05) is 13.8 Å². The third-order valence-electron chi connectivity index (χ3n) is 3.26. The number of unbranched alkanes of at least 4 members (excludes halogenated alkanes) is 2. The first kappa shape index (κ1) is 20.7. The van der Waals surface area contributed by atoms with E-state index in [1.165, 1.54) is 12.1 Å². The number of rotatable bonds is 11. The monoisotopic (exact) mass is 368 g/mol. The molecule has 0 fully saturated rings. The van der Waals surface area contributed by atoms with E-state index in [2.05, 4.69) is 19.7 Å². The van der Waals surface area contributed by atoms with Gasteiger partial charge in [-0.3, -0.25) is 0 Å². The van der Waals surface area contributed by atoms with Crippen molar-refractivity contribution >= 4 is 20.3 Å². The maximum Gasteiger partial charge on any atom is 0.264 e. The van der Waals surface area contributed by atoms with Gasteiger partial charge in [0.15, 0.2) is 5.41 Å². The quantitative estimate of drug-likeness (QED) is 0.149. The summed E-state index contributed by atoms with van der Waals surface area (Å²) in [5, 5.41) is 0. The molecule has 0 bridgehead atoms. The van der Waals surface area contributed by atoms with Gasteiger partial charge in [-0.05, 0) is 30.5 Å². The molecule has 0 aromatic heterocycles. The number of hydrogen-bond acceptors (Lipinski definition) is 4. The van der Waals surface area contributed by atoms with Crippen molar-refractivity contribution < 1.29 is 17.9 Å². The Morgan fingerprint density at radius 1 is 1.21 bits per heavy atom. The van der Waals surface area contributed by atoms with Gasteiger partial charge in [-0.2, -0.15) is 0 Å². The van der Waals surface area contributed by atoms with E-state index >= 15 is 0 Å². The minimum Gasteiger partial charge on any atom is -0.350 e. The summed E-state index contributed by atoms with van der Waals surface area (Å²) in [6.45, 7) is 5.01. The summed E-state index contributed by atoms with van der Waals surface area (Å²) >= 11 is 0. The number of azide groups is 1. The van der Waals surface area contributed by atoms with Crippen molar-refractivity contribution in [3.05, 3.63) is 40.3 Å². The molecule has 131 valence electrons. The number of hydrogen-bond donors (Lipinski definition) is 0. The van der Waals surface area contributed by atoms with Crippen LogP contribution >= 0.6 is 0 Å². The van der Waals surface area contributed by atoms with E-state index in [-0.39, 0.29) is 4.90 Å². The average Bonchev–Trinajstić information content (AvgIpc) is 2.55. The molecule has 0 atom stereocenters. The van der Waals surface area contributed by atoms with Crippen molar-refractivity contribution in [2.24, 2.45) is 4.52 Å². The topological polar surface area (TPSA) is 101 Å². The zero-order chi connectivity index (χ0) is 18.1. The van der Waals surface area contributed by atoms with Crippen LogP contribution in [0.5, 0.6) is 0 Å². The molecule has 9 heteroatoms. The Morgan fingerprint density at radius 3 is 2.29 bits per heavy atom. The van der Waals surface area contributed by atoms with Gasteiger partial charge in [-0.1, -0.05) is 38.8 Å². The second-order valence-electron chi connectivity index (χ2n) is 5.19. The second-order valence-corrected chi connectivity index (χ2v) is 7.44. The van der Waals surface area contributed by atoms with Crippen molar-refractivity contribution in [1.82, 2.24) is 0 Å². The van der Waals surface area contributed by atoms with Crippen LogP contribution in [-0.4, -0.2) is 31.9 Å². The molecule has 0 saturated heterocycles. The summed E-state index contributed by atoms with van der Waals surface area (Å²) in [4.78, 5) is 2.25. The van der Waals surface area contributed by atoms with Crippen molar-refractivity contribution in [3.63, 3.8) is 0 Å². The lowest BCUT2D eigenvalue weighted by Crippen LogP contribution is -2.34. The smallest absolute Gasteiger partial charge is 0.264 e. The molecule has 0 aliphatic heterocycles. The van der Waals surface area contributed by atoms with Gasteiger partial charge in [0, 0.05) is 28.2 Å². The number of benzene rings is 1. The van der Waals surface area contributed by atoms with E-state index in [0.717, 1.165) is 25.7 Å². The van der Waals surface area contributed by atoms with Crippen LogP contribution in [0.2, 0.25) is 0 Å². The van der Waals surface area contributed by atoms with Crippen LogP contribution in [0.3, 0.4) is 0 Å². The summed E-state index contributed by atoms with van der Waals surface area (Å²) in [6.07, 6.45) is 3.62. The van der Waals surface area contributed by atoms with Crippen LogP contribution in [0.15, 0.2) is 33.7 Å². The van der Waals surface area contributed by atoms with Crippen LogP contribution < -0.4 is 0 Å². The van der Waals surface area contributed by atoms with Crippen LogP contribution in [0.4, 0.5) is 0 Å². The fourth-order valence-corrected chi connectivity index (χ4v) is 2.96. The van der Waals surface area contributed by atoms with E-state index < -0.39 is 15.4 Å². The summed E-state index contributed by atoms with van der Waals surface area (Å²) in [5.41, 5.74) is 7.64. The van der Waals surface area contributed by atoms with Gasteiger partial charge in [-0.15, -0.1) is 0 Å². The maximum absolute atomic E-state index is 11.9. The first-order valence-electron chi connectivity index (χ1n) is 7.84. The van der Waals surface area contributed by atoms with E-state index in [0.29, 0.717) is 18.8 Å². The summed E-state index contributed by atoms with van der Waals surface area (Å²) in [7, 11) is -0.555. The molecule has 1 aromatic rings. The normalized spacial score (nSPS) is 12.0. The van der Waals surface area contributed by atoms with Crippen molar-refractivity contribution in [2.45, 2.75) is 49.8 Å². The fraction of sp³-hybridized carbons (Fsp3) is 0.600. The number of sulfonamides is 1. The number of ether oxygens (including phenoxy) is 2. The molecule has 1 rings (SSSR count). The lowest BCUT2D eigenvalue weighted by Gasteiger charge is -2.31. The summed E-state index contributed by atoms with van der Waals surface area (Å²) < 4.78 is 38.3. The zero-order valence-corrected chi connectivity index (χ0v) is 15.8. The summed E-state index contributed by atoms with van der Waals surface area (Å²) in [5.74, 6) is 0. The first-order chi connectivity index (χ1) is 11.4. The zero-order valence-electron chi connectivity index (χ0n) is 13.9. The highest BCUT2D eigenvalue weighted by atomic mass is 32.2. The largest absolute Gasteiger partial charge is 0.350 e. The highest BCUT2D eigenvalue weighted by Gasteiger charge is 2.29. The van der Waals surface area contributed by atoms with Crippen LogP contribution in [-0.2, 0) is 24.9 Å².